The second-order valence-corrected chi connectivity index (χ2v) is 18.1. The smallest absolute Gasteiger partial charge is 0.308 e. The highest BCUT2D eigenvalue weighted by Crippen LogP contribution is 2.36. The predicted octanol–water partition coefficient (Wildman–Crippen LogP) is 3.70. The van der Waals surface area contributed by atoms with Gasteiger partial charge in [-0.2, -0.15) is 0 Å². The number of ether oxygens (including phenoxy) is 12. The summed E-state index contributed by atoms with van der Waals surface area (Å²) in [6.45, 7) is 20.1. The van der Waals surface area contributed by atoms with Gasteiger partial charge in [0.1, 0.15) is 0 Å². The summed E-state index contributed by atoms with van der Waals surface area (Å²) in [5.41, 5.74) is 0. The zero-order chi connectivity index (χ0) is 41.7. The molecule has 0 amide bonds. The lowest BCUT2D eigenvalue weighted by atomic mass is 10.2. The third-order valence-electron chi connectivity index (χ3n) is 8.44. The van der Waals surface area contributed by atoms with Crippen molar-refractivity contribution in [3.05, 3.63) is 60.7 Å². The molecule has 15 heteroatoms. The van der Waals surface area contributed by atoms with E-state index in [4.69, 9.17) is 61.3 Å². The Morgan fingerprint density at radius 1 is 0.414 bits per heavy atom. The van der Waals surface area contributed by atoms with Crippen molar-refractivity contribution in [3.63, 3.8) is 0 Å². The van der Waals surface area contributed by atoms with E-state index in [9.17, 15) is 4.79 Å². The van der Waals surface area contributed by atoms with Crippen LogP contribution in [-0.4, -0.2) is 173 Å². The van der Waals surface area contributed by atoms with Crippen molar-refractivity contribution in [1.82, 2.24) is 0 Å². The maximum atomic E-state index is 11.2. The van der Waals surface area contributed by atoms with E-state index in [2.05, 4.69) is 81.4 Å². The summed E-state index contributed by atoms with van der Waals surface area (Å²) in [4.78, 5) is 11.2. The van der Waals surface area contributed by atoms with E-state index in [1.54, 1.807) is 6.92 Å². The van der Waals surface area contributed by atoms with Gasteiger partial charge in [-0.15, -0.1) is 0 Å². The minimum absolute atomic E-state index is 0.0612. The largest absolute Gasteiger partial charge is 0.466 e. The number of rotatable bonds is 40. The van der Waals surface area contributed by atoms with Crippen molar-refractivity contribution >= 4 is 24.7 Å². The summed E-state index contributed by atoms with van der Waals surface area (Å²) in [7, 11) is -2.55. The molecule has 0 unspecified atom stereocenters. The molecule has 0 heterocycles. The minimum atomic E-state index is -2.55. The molecule has 14 nitrogen and oxygen atoms in total. The first-order valence-electron chi connectivity index (χ1n) is 20.7. The number of carbonyl (C=O) groups excluding carboxylic acids is 1. The minimum Gasteiger partial charge on any atom is -0.466 e. The van der Waals surface area contributed by atoms with Crippen LogP contribution in [-0.2, 0) is 66.1 Å². The van der Waals surface area contributed by atoms with Crippen LogP contribution < -0.4 is 10.4 Å². The number of hydrogen-bond acceptors (Lipinski definition) is 14. The van der Waals surface area contributed by atoms with Crippen molar-refractivity contribution in [3.8, 4) is 0 Å². The van der Waals surface area contributed by atoms with E-state index in [1.165, 1.54) is 10.4 Å². The molecule has 0 saturated carbocycles. The van der Waals surface area contributed by atoms with Gasteiger partial charge >= 0.3 is 5.97 Å². The summed E-state index contributed by atoms with van der Waals surface area (Å²) in [6.07, 6.45) is 0.254. The van der Waals surface area contributed by atoms with Crippen molar-refractivity contribution in [2.75, 3.05) is 159 Å². The lowest BCUT2D eigenvalue weighted by molar-refractivity contribution is -0.144. The number of hydrogen-bond donors (Lipinski definition) is 0. The molecule has 0 bridgehead atoms. The van der Waals surface area contributed by atoms with Crippen LogP contribution in [0.3, 0.4) is 0 Å². The zero-order valence-electron chi connectivity index (χ0n) is 35.7. The Morgan fingerprint density at radius 2 is 0.672 bits per heavy atom. The van der Waals surface area contributed by atoms with Crippen LogP contribution in [0, 0.1) is 0 Å². The molecule has 0 atom stereocenters. The molecule has 2 rings (SSSR count). The van der Waals surface area contributed by atoms with Gasteiger partial charge in [0.15, 0.2) is 0 Å². The third kappa shape index (κ3) is 24.7. The topological polar surface area (TPSA) is 137 Å². The Hall–Kier alpha value is -2.35. The van der Waals surface area contributed by atoms with Crippen LogP contribution in [0.5, 0.6) is 0 Å². The molecule has 58 heavy (non-hydrogen) atoms. The first kappa shape index (κ1) is 51.8. The Kier molecular flexibility index (Phi) is 31.6. The van der Waals surface area contributed by atoms with E-state index < -0.39 is 8.32 Å². The van der Waals surface area contributed by atoms with Gasteiger partial charge in [-0.3, -0.25) is 4.79 Å². The highest BCUT2D eigenvalue weighted by Gasteiger charge is 2.50. The fraction of sp³-hybridized carbons (Fsp3) is 0.698. The molecule has 332 valence electrons. The lowest BCUT2D eigenvalue weighted by Crippen LogP contribution is -2.66. The average Bonchev–Trinajstić information content (AvgIpc) is 3.22. The van der Waals surface area contributed by atoms with E-state index in [-0.39, 0.29) is 17.4 Å². The SMILES string of the molecule is CCOC(=O)CCOCCOCCOCCOCCOCCOCCOCCOCCOCCOCCOCCO[Si](c1ccccc1)(c1ccccc1)C(C)(C)C. The van der Waals surface area contributed by atoms with Gasteiger partial charge in [0.25, 0.3) is 8.32 Å². The fourth-order valence-corrected chi connectivity index (χ4v) is 10.3. The molecule has 0 aliphatic carbocycles. The highest BCUT2D eigenvalue weighted by atomic mass is 28.4. The van der Waals surface area contributed by atoms with Crippen molar-refractivity contribution in [2.24, 2.45) is 0 Å². The number of esters is 1. The van der Waals surface area contributed by atoms with Gasteiger partial charge in [0.2, 0.25) is 0 Å². The van der Waals surface area contributed by atoms with E-state index in [1.807, 2.05) is 0 Å². The molecule has 0 aliphatic rings. The maximum Gasteiger partial charge on any atom is 0.308 e. The maximum absolute atomic E-state index is 11.2. The molecule has 0 aromatic heterocycles. The van der Waals surface area contributed by atoms with Crippen LogP contribution in [0.4, 0.5) is 0 Å². The van der Waals surface area contributed by atoms with Crippen LogP contribution >= 0.6 is 0 Å². The van der Waals surface area contributed by atoms with E-state index in [0.29, 0.717) is 159 Å². The summed E-state index contributed by atoms with van der Waals surface area (Å²) < 4.78 is 72.5. The lowest BCUT2D eigenvalue weighted by Gasteiger charge is -2.43. The van der Waals surface area contributed by atoms with Gasteiger partial charge in [0.05, 0.1) is 165 Å². The van der Waals surface area contributed by atoms with Crippen molar-refractivity contribution in [2.45, 2.75) is 39.2 Å². The van der Waals surface area contributed by atoms with Crippen LogP contribution in [0.1, 0.15) is 34.1 Å². The van der Waals surface area contributed by atoms with Crippen molar-refractivity contribution < 1.29 is 66.1 Å². The molecule has 0 N–H and O–H groups in total. The summed E-state index contributed by atoms with van der Waals surface area (Å²) in [6, 6.07) is 21.3. The second-order valence-electron chi connectivity index (χ2n) is 13.8. The Balaban J connectivity index is 1.27. The van der Waals surface area contributed by atoms with Crippen LogP contribution in [0.25, 0.3) is 0 Å². The summed E-state index contributed by atoms with van der Waals surface area (Å²) >= 11 is 0. The van der Waals surface area contributed by atoms with Crippen LogP contribution in [0.15, 0.2) is 60.7 Å². The Bertz CT molecular complexity index is 1170. The molecule has 2 aromatic rings. The van der Waals surface area contributed by atoms with Gasteiger partial charge < -0.3 is 61.3 Å². The van der Waals surface area contributed by atoms with Crippen molar-refractivity contribution in [1.29, 1.82) is 0 Å². The molecular formula is C43H72O14Si. The summed E-state index contributed by atoms with van der Waals surface area (Å²) in [5, 5.41) is 2.47. The monoisotopic (exact) mass is 840 g/mol. The molecular weight excluding hydrogens is 769 g/mol. The zero-order valence-corrected chi connectivity index (χ0v) is 36.7. The summed E-state index contributed by atoms with van der Waals surface area (Å²) in [5.74, 6) is -0.252. The predicted molar refractivity (Wildman–Crippen MR) is 224 cm³/mol. The highest BCUT2D eigenvalue weighted by molar-refractivity contribution is 6.99. The normalized spacial score (nSPS) is 12.0. The number of carbonyl (C=O) groups is 1. The quantitative estimate of drug-likeness (QED) is 0.0548. The molecule has 0 aliphatic heterocycles. The fourth-order valence-electron chi connectivity index (χ4n) is 5.71. The van der Waals surface area contributed by atoms with Gasteiger partial charge in [-0.05, 0) is 22.3 Å². The van der Waals surface area contributed by atoms with E-state index in [0.717, 1.165) is 0 Å². The first-order chi connectivity index (χ1) is 28.4. The number of benzene rings is 2. The Morgan fingerprint density at radius 3 is 0.931 bits per heavy atom. The van der Waals surface area contributed by atoms with Gasteiger partial charge in [-0.25, -0.2) is 0 Å². The second kappa shape index (κ2) is 35.4. The molecule has 0 spiro atoms. The van der Waals surface area contributed by atoms with Crippen LogP contribution in [0.2, 0.25) is 5.04 Å². The van der Waals surface area contributed by atoms with Gasteiger partial charge in [-0.1, -0.05) is 81.4 Å². The molecule has 0 fully saturated rings. The standard InChI is InChI=1S/C43H72O14Si/c1-5-56-42(44)16-17-45-18-19-46-20-21-47-22-23-48-24-25-49-26-27-50-28-29-51-30-31-52-32-33-53-34-35-54-36-37-55-38-39-57-58(43(2,3)4,40-12-8-6-9-13-40)41-14-10-7-11-15-41/h6-15H,5,16-39H2,1-4H3. The average molecular weight is 841 g/mol. The first-order valence-corrected chi connectivity index (χ1v) is 22.6. The Labute approximate surface area is 348 Å². The molecule has 0 saturated heterocycles. The molecule has 2 aromatic carbocycles. The van der Waals surface area contributed by atoms with E-state index >= 15 is 0 Å². The third-order valence-corrected chi connectivity index (χ3v) is 13.5. The van der Waals surface area contributed by atoms with Gasteiger partial charge in [0, 0.05) is 0 Å². The molecule has 0 radical (unpaired) electrons.